The van der Waals surface area contributed by atoms with E-state index in [1.165, 1.54) is 0 Å². The van der Waals surface area contributed by atoms with E-state index in [1.54, 1.807) is 0 Å². The molecule has 0 amide bonds. The van der Waals surface area contributed by atoms with Gasteiger partial charge in [0.15, 0.2) is 0 Å². The zero-order valence-electron chi connectivity index (χ0n) is 9.38. The predicted molar refractivity (Wildman–Crippen MR) is 58.8 cm³/mol. The van der Waals surface area contributed by atoms with E-state index >= 15 is 0 Å². The third-order valence-electron chi connectivity index (χ3n) is 3.47. The maximum Gasteiger partial charge on any atom is 0.133 e. The molecule has 15 heavy (non-hydrogen) atoms. The second-order valence-corrected chi connectivity index (χ2v) is 4.71. The van der Waals surface area contributed by atoms with Crippen LogP contribution in [0.2, 0.25) is 0 Å². The molecular weight excluding hydrogens is 188 g/mol. The molecule has 0 radical (unpaired) electrons. The van der Waals surface area contributed by atoms with Gasteiger partial charge in [-0.2, -0.15) is 5.26 Å². The first-order valence-corrected chi connectivity index (χ1v) is 5.28. The van der Waals surface area contributed by atoms with Crippen molar-refractivity contribution in [3.63, 3.8) is 0 Å². The summed E-state index contributed by atoms with van der Waals surface area (Å²) in [5.41, 5.74) is -1.49. The summed E-state index contributed by atoms with van der Waals surface area (Å²) < 4.78 is 0. The van der Waals surface area contributed by atoms with Crippen molar-refractivity contribution in [3.05, 3.63) is 0 Å². The number of hydrogen-bond acceptors (Lipinski definition) is 3. The average molecular weight is 206 g/mol. The van der Waals surface area contributed by atoms with E-state index in [0.717, 1.165) is 0 Å². The van der Waals surface area contributed by atoms with E-state index in [-0.39, 0.29) is 6.04 Å². The van der Waals surface area contributed by atoms with Crippen LogP contribution in [0.1, 0.15) is 33.1 Å². The molecule has 1 heterocycles. The summed E-state index contributed by atoms with van der Waals surface area (Å²) in [5, 5.41) is 22.3. The number of aliphatic hydroxyl groups is 1. The van der Waals surface area contributed by atoms with Gasteiger partial charge in [-0.25, -0.2) is 0 Å². The van der Waals surface area contributed by atoms with Crippen molar-refractivity contribution in [3.8, 4) is 18.4 Å². The molecule has 1 fully saturated rings. The van der Waals surface area contributed by atoms with Gasteiger partial charge >= 0.3 is 0 Å². The summed E-state index contributed by atoms with van der Waals surface area (Å²) in [4.78, 5) is 0. The maximum absolute atomic E-state index is 10.4. The van der Waals surface area contributed by atoms with Gasteiger partial charge in [-0.05, 0) is 13.3 Å². The molecule has 1 saturated heterocycles. The Balaban J connectivity index is 2.87. The zero-order chi connectivity index (χ0) is 11.5. The molecule has 2 N–H and O–H groups in total. The van der Waals surface area contributed by atoms with Crippen molar-refractivity contribution in [2.75, 3.05) is 6.54 Å². The molecule has 0 bridgehead atoms. The summed E-state index contributed by atoms with van der Waals surface area (Å²) in [6.45, 7) is 4.62. The number of nitriles is 1. The van der Waals surface area contributed by atoms with Crippen molar-refractivity contribution in [1.82, 2.24) is 5.32 Å². The minimum absolute atomic E-state index is 0.223. The number of nitrogens with one attached hydrogen (secondary N) is 1. The maximum atomic E-state index is 10.4. The number of rotatable bonds is 2. The highest BCUT2D eigenvalue weighted by molar-refractivity contribution is 5.19. The second kappa shape index (κ2) is 4.23. The van der Waals surface area contributed by atoms with Gasteiger partial charge in [-0.1, -0.05) is 12.8 Å². The van der Waals surface area contributed by atoms with E-state index < -0.39 is 11.0 Å². The van der Waals surface area contributed by atoms with Gasteiger partial charge in [0.25, 0.3) is 0 Å². The molecule has 1 rings (SSSR count). The Hall–Kier alpha value is -1.03. The Morgan fingerprint density at radius 1 is 1.67 bits per heavy atom. The highest BCUT2D eigenvalue weighted by atomic mass is 16.3. The Kier molecular flexibility index (Phi) is 3.39. The minimum Gasteiger partial charge on any atom is -0.377 e. The number of piperidine rings is 1. The van der Waals surface area contributed by atoms with Crippen LogP contribution in [0.15, 0.2) is 0 Å². The fraction of sp³-hybridized carbons (Fsp3) is 0.750. The number of nitrogens with zero attached hydrogens (tertiary/aromatic N) is 1. The van der Waals surface area contributed by atoms with E-state index in [0.29, 0.717) is 25.8 Å². The fourth-order valence-electron chi connectivity index (χ4n) is 2.17. The van der Waals surface area contributed by atoms with Crippen molar-refractivity contribution in [1.29, 1.82) is 5.26 Å². The van der Waals surface area contributed by atoms with Gasteiger partial charge in [0, 0.05) is 30.8 Å². The Labute approximate surface area is 91.5 Å². The molecule has 0 aromatic rings. The number of terminal acetylenes is 1. The SMILES string of the molecule is C#C[C@]1(O)C[C@@H](C)NC[C@]1(C)CCC#N. The van der Waals surface area contributed by atoms with Gasteiger partial charge < -0.3 is 10.4 Å². The van der Waals surface area contributed by atoms with Crippen LogP contribution in [0.25, 0.3) is 0 Å². The van der Waals surface area contributed by atoms with E-state index in [4.69, 9.17) is 11.7 Å². The molecule has 0 aliphatic carbocycles. The van der Waals surface area contributed by atoms with Crippen LogP contribution in [0.3, 0.4) is 0 Å². The van der Waals surface area contributed by atoms with E-state index in [9.17, 15) is 5.11 Å². The monoisotopic (exact) mass is 206 g/mol. The fourth-order valence-corrected chi connectivity index (χ4v) is 2.17. The standard InChI is InChI=1S/C12H18N2O/c1-4-12(15)8-10(2)14-9-11(12,3)6-5-7-13/h1,10,14-15H,5-6,8-9H2,2-3H3/t10-,11+,12+/m1/s1. The summed E-state index contributed by atoms with van der Waals surface area (Å²) in [5.74, 6) is 2.52. The van der Waals surface area contributed by atoms with Crippen molar-refractivity contribution in [2.24, 2.45) is 5.41 Å². The van der Waals surface area contributed by atoms with Gasteiger partial charge in [0.05, 0.1) is 6.07 Å². The Morgan fingerprint density at radius 2 is 2.33 bits per heavy atom. The lowest BCUT2D eigenvalue weighted by Crippen LogP contribution is -2.59. The van der Waals surface area contributed by atoms with Gasteiger partial charge in [0.2, 0.25) is 0 Å². The lowest BCUT2D eigenvalue weighted by Gasteiger charge is -2.47. The first-order chi connectivity index (χ1) is 6.97. The molecule has 1 aliphatic heterocycles. The van der Waals surface area contributed by atoms with Gasteiger partial charge in [-0.15, -0.1) is 6.42 Å². The van der Waals surface area contributed by atoms with Crippen LogP contribution in [-0.2, 0) is 0 Å². The van der Waals surface area contributed by atoms with Crippen molar-refractivity contribution >= 4 is 0 Å². The third kappa shape index (κ3) is 2.15. The molecule has 3 atom stereocenters. The van der Waals surface area contributed by atoms with Crippen LogP contribution >= 0.6 is 0 Å². The Bertz CT molecular complexity index is 315. The van der Waals surface area contributed by atoms with E-state index in [1.807, 2.05) is 13.8 Å². The molecule has 0 aromatic carbocycles. The largest absolute Gasteiger partial charge is 0.377 e. The number of hydrogen-bond donors (Lipinski definition) is 2. The second-order valence-electron chi connectivity index (χ2n) is 4.71. The van der Waals surface area contributed by atoms with Gasteiger partial charge in [-0.3, -0.25) is 0 Å². The van der Waals surface area contributed by atoms with E-state index in [2.05, 4.69) is 17.3 Å². The molecule has 0 saturated carbocycles. The van der Waals surface area contributed by atoms with Crippen LogP contribution in [-0.4, -0.2) is 23.3 Å². The first kappa shape index (κ1) is 12.0. The molecule has 1 aliphatic rings. The van der Waals surface area contributed by atoms with Crippen LogP contribution in [0, 0.1) is 29.1 Å². The summed E-state index contributed by atoms with van der Waals surface area (Å²) >= 11 is 0. The highest BCUT2D eigenvalue weighted by Gasteiger charge is 2.48. The molecule has 3 nitrogen and oxygen atoms in total. The predicted octanol–water partition coefficient (Wildman–Crippen LogP) is 1.04. The smallest absolute Gasteiger partial charge is 0.133 e. The first-order valence-electron chi connectivity index (χ1n) is 5.28. The Morgan fingerprint density at radius 3 is 2.87 bits per heavy atom. The van der Waals surface area contributed by atoms with Crippen molar-refractivity contribution in [2.45, 2.75) is 44.8 Å². The highest BCUT2D eigenvalue weighted by Crippen LogP contribution is 2.41. The average Bonchev–Trinajstić information content (AvgIpc) is 2.22. The van der Waals surface area contributed by atoms with Gasteiger partial charge in [0.1, 0.15) is 5.60 Å². The molecule has 0 aromatic heterocycles. The topological polar surface area (TPSA) is 56.0 Å². The van der Waals surface area contributed by atoms with Crippen LogP contribution < -0.4 is 5.32 Å². The quantitative estimate of drug-likeness (QED) is 0.664. The van der Waals surface area contributed by atoms with Crippen LogP contribution in [0.4, 0.5) is 0 Å². The van der Waals surface area contributed by atoms with Crippen LogP contribution in [0.5, 0.6) is 0 Å². The van der Waals surface area contributed by atoms with Crippen molar-refractivity contribution < 1.29 is 5.11 Å². The summed E-state index contributed by atoms with van der Waals surface area (Å²) in [6, 6.07) is 2.33. The third-order valence-corrected chi connectivity index (χ3v) is 3.47. The minimum atomic E-state index is -1.09. The lowest BCUT2D eigenvalue weighted by atomic mass is 9.65. The molecular formula is C12H18N2O. The normalized spacial score (nSPS) is 40.5. The molecule has 3 heteroatoms. The lowest BCUT2D eigenvalue weighted by molar-refractivity contribution is -0.0640. The molecule has 0 unspecified atom stereocenters. The summed E-state index contributed by atoms with van der Waals surface area (Å²) in [7, 11) is 0. The molecule has 0 spiro atoms. The summed E-state index contributed by atoms with van der Waals surface area (Å²) in [6.07, 6.45) is 7.04. The molecule has 82 valence electrons. The zero-order valence-corrected chi connectivity index (χ0v) is 9.38.